The molecule has 96 valence electrons. The quantitative estimate of drug-likeness (QED) is 0.869. The predicted molar refractivity (Wildman–Crippen MR) is 71.8 cm³/mol. The van der Waals surface area contributed by atoms with Crippen molar-refractivity contribution in [3.63, 3.8) is 0 Å². The summed E-state index contributed by atoms with van der Waals surface area (Å²) < 4.78 is 0. The van der Waals surface area contributed by atoms with Crippen LogP contribution in [0.4, 0.5) is 0 Å². The van der Waals surface area contributed by atoms with Gasteiger partial charge in [-0.05, 0) is 23.3 Å². The lowest BCUT2D eigenvalue weighted by Gasteiger charge is -2.25. The van der Waals surface area contributed by atoms with Crippen molar-refractivity contribution in [1.82, 2.24) is 0 Å². The lowest BCUT2D eigenvalue weighted by atomic mass is 9.87. The first-order valence-electron chi connectivity index (χ1n) is 5.74. The van der Waals surface area contributed by atoms with Crippen LogP contribution in [-0.4, -0.2) is 29.8 Å². The highest BCUT2D eigenvalue weighted by Crippen LogP contribution is 2.42. The Labute approximate surface area is 114 Å². The van der Waals surface area contributed by atoms with Gasteiger partial charge in [0.1, 0.15) is 5.78 Å². The van der Waals surface area contributed by atoms with Gasteiger partial charge in [0.05, 0.1) is 5.92 Å². The zero-order chi connectivity index (χ0) is 13.6. The first-order valence-corrected chi connectivity index (χ1v) is 6.12. The molecule has 1 atom stereocenters. The van der Waals surface area contributed by atoms with Gasteiger partial charge in [-0.3, -0.25) is 19.6 Å². The van der Waals surface area contributed by atoms with Crippen LogP contribution in [-0.2, 0) is 16.0 Å². The summed E-state index contributed by atoms with van der Waals surface area (Å²) in [6.07, 6.45) is 3.03. The van der Waals surface area contributed by atoms with E-state index in [0.29, 0.717) is 10.6 Å². The Bertz CT molecular complexity index is 639. The summed E-state index contributed by atoms with van der Waals surface area (Å²) in [6, 6.07) is 5.18. The van der Waals surface area contributed by atoms with E-state index >= 15 is 0 Å². The summed E-state index contributed by atoms with van der Waals surface area (Å²) in [5, 5.41) is 0.504. The van der Waals surface area contributed by atoms with Crippen LogP contribution in [0.3, 0.4) is 0 Å². The molecule has 3 rings (SSSR count). The molecule has 6 heteroatoms. The van der Waals surface area contributed by atoms with Gasteiger partial charge in [-0.1, -0.05) is 17.7 Å². The minimum absolute atomic E-state index is 0.118. The Morgan fingerprint density at radius 1 is 1.37 bits per heavy atom. The first-order chi connectivity index (χ1) is 9.04. The minimum Gasteiger partial charge on any atom is -0.366 e. The number of ketones is 1. The Morgan fingerprint density at radius 2 is 2.05 bits per heavy atom. The van der Waals surface area contributed by atoms with E-state index in [1.807, 2.05) is 0 Å². The maximum atomic E-state index is 12.2. The third kappa shape index (κ3) is 1.62. The topological polar surface area (TPSA) is 84.9 Å². The predicted octanol–water partition coefficient (Wildman–Crippen LogP) is 0.886. The van der Waals surface area contributed by atoms with Crippen LogP contribution >= 0.6 is 11.6 Å². The Hall–Kier alpha value is -2.01. The van der Waals surface area contributed by atoms with Gasteiger partial charge in [-0.15, -0.1) is 0 Å². The highest BCUT2D eigenvalue weighted by atomic mass is 35.5. The molecule has 1 aromatic rings. The van der Waals surface area contributed by atoms with E-state index in [1.54, 1.807) is 18.2 Å². The summed E-state index contributed by atoms with van der Waals surface area (Å²) in [6.45, 7) is 0. The Balaban J connectivity index is 2.19. The molecule has 0 bridgehead atoms. The number of hydrogen-bond acceptors (Lipinski definition) is 4. The number of Topliss-reactive ketones (excluding diaryl/α,β-unsaturated/α-hetero) is 1. The molecule has 1 heterocycles. The minimum atomic E-state index is -1.55. The lowest BCUT2D eigenvalue weighted by Crippen LogP contribution is -2.46. The largest absolute Gasteiger partial charge is 0.366 e. The van der Waals surface area contributed by atoms with E-state index in [9.17, 15) is 9.59 Å². The van der Waals surface area contributed by atoms with Crippen LogP contribution in [0.15, 0.2) is 28.2 Å². The van der Waals surface area contributed by atoms with Gasteiger partial charge in [-0.25, -0.2) is 0 Å². The molecule has 1 unspecified atom stereocenters. The van der Waals surface area contributed by atoms with Crippen LogP contribution < -0.4 is 5.73 Å². The summed E-state index contributed by atoms with van der Waals surface area (Å²) >= 11 is 5.96. The van der Waals surface area contributed by atoms with Crippen molar-refractivity contribution in [1.29, 1.82) is 0 Å². The van der Waals surface area contributed by atoms with Gasteiger partial charge < -0.3 is 5.73 Å². The van der Waals surface area contributed by atoms with Crippen molar-refractivity contribution < 1.29 is 9.59 Å². The van der Waals surface area contributed by atoms with Crippen molar-refractivity contribution in [2.45, 2.75) is 18.0 Å². The smallest absolute Gasteiger partial charge is 0.269 e. The highest BCUT2D eigenvalue weighted by molar-refractivity contribution is 6.30. The number of carbonyl (C=O) groups excluding carboxylic acids is 2. The van der Waals surface area contributed by atoms with Crippen LogP contribution in [0, 0.1) is 0 Å². The van der Waals surface area contributed by atoms with E-state index < -0.39 is 17.5 Å². The van der Waals surface area contributed by atoms with Gasteiger partial charge in [-0.2, -0.15) is 0 Å². The number of amides is 1. The van der Waals surface area contributed by atoms with E-state index in [4.69, 9.17) is 17.3 Å². The molecule has 0 saturated carbocycles. The SMILES string of the molecule is NC(=O)C1(C2C(=O)Cc3ccc(Cl)cc32)N=CC=N1. The highest BCUT2D eigenvalue weighted by Gasteiger charge is 2.52. The third-order valence-corrected chi connectivity index (χ3v) is 3.72. The lowest BCUT2D eigenvalue weighted by molar-refractivity contribution is -0.129. The number of nitrogens with two attached hydrogens (primary N) is 1. The Kier molecular flexibility index (Phi) is 2.53. The van der Waals surface area contributed by atoms with Gasteiger partial charge in [0, 0.05) is 23.9 Å². The molecule has 1 amide bonds. The molecule has 2 aliphatic rings. The van der Waals surface area contributed by atoms with Gasteiger partial charge >= 0.3 is 0 Å². The zero-order valence-electron chi connectivity index (χ0n) is 9.84. The van der Waals surface area contributed by atoms with Crippen LogP contribution in [0.2, 0.25) is 5.02 Å². The van der Waals surface area contributed by atoms with Gasteiger partial charge in [0.2, 0.25) is 5.66 Å². The number of nitrogens with zero attached hydrogens (tertiary/aromatic N) is 2. The molecule has 0 aromatic heterocycles. The average Bonchev–Trinajstić information content (AvgIpc) is 2.93. The van der Waals surface area contributed by atoms with E-state index in [0.717, 1.165) is 5.56 Å². The average molecular weight is 276 g/mol. The first kappa shape index (κ1) is 12.0. The maximum Gasteiger partial charge on any atom is 0.269 e. The second kappa shape index (κ2) is 3.99. The molecule has 1 aliphatic heterocycles. The normalized spacial score (nSPS) is 22.8. The summed E-state index contributed by atoms with van der Waals surface area (Å²) in [4.78, 5) is 32.1. The molecule has 2 N–H and O–H groups in total. The number of carbonyl (C=O) groups is 2. The van der Waals surface area contributed by atoms with Gasteiger partial charge in [0.15, 0.2) is 0 Å². The molecule has 1 aromatic carbocycles. The van der Waals surface area contributed by atoms with E-state index in [-0.39, 0.29) is 12.2 Å². The second-order valence-corrected chi connectivity index (χ2v) is 5.00. The summed E-state index contributed by atoms with van der Waals surface area (Å²) in [5.74, 6) is -1.63. The molecular formula is C13H10ClN3O2. The zero-order valence-corrected chi connectivity index (χ0v) is 10.6. The molecule has 1 aliphatic carbocycles. The number of aliphatic imine (C=N–C) groups is 2. The van der Waals surface area contributed by atoms with E-state index in [1.165, 1.54) is 12.4 Å². The van der Waals surface area contributed by atoms with Crippen molar-refractivity contribution in [2.24, 2.45) is 15.7 Å². The van der Waals surface area contributed by atoms with Gasteiger partial charge in [0.25, 0.3) is 5.91 Å². The third-order valence-electron chi connectivity index (χ3n) is 3.48. The molecule has 0 fully saturated rings. The van der Waals surface area contributed by atoms with Crippen molar-refractivity contribution in [3.8, 4) is 0 Å². The molecule has 0 saturated heterocycles. The fraction of sp³-hybridized carbons (Fsp3) is 0.231. The van der Waals surface area contributed by atoms with Crippen molar-refractivity contribution in [3.05, 3.63) is 34.3 Å². The molecule has 0 spiro atoms. The van der Waals surface area contributed by atoms with Crippen LogP contribution in [0.5, 0.6) is 0 Å². The molecule has 0 radical (unpaired) electrons. The summed E-state index contributed by atoms with van der Waals surface area (Å²) in [7, 11) is 0. The molecular weight excluding hydrogens is 266 g/mol. The number of benzene rings is 1. The molecule has 19 heavy (non-hydrogen) atoms. The fourth-order valence-corrected chi connectivity index (χ4v) is 2.83. The standard InChI is InChI=1S/C13H10ClN3O2/c14-8-2-1-7-5-10(18)11(9(7)6-8)13(12(15)19)16-3-4-17-13/h1-4,6,11H,5H2,(H2,15,19). The number of primary amides is 1. The number of rotatable bonds is 2. The fourth-order valence-electron chi connectivity index (χ4n) is 2.65. The maximum absolute atomic E-state index is 12.2. The number of fused-ring (bicyclic) bond motifs is 1. The second-order valence-electron chi connectivity index (χ2n) is 4.57. The summed E-state index contributed by atoms with van der Waals surface area (Å²) in [5.41, 5.74) is 5.40. The Morgan fingerprint density at radius 3 is 2.68 bits per heavy atom. The van der Waals surface area contributed by atoms with Crippen molar-refractivity contribution in [2.75, 3.05) is 0 Å². The van der Waals surface area contributed by atoms with Crippen molar-refractivity contribution >= 4 is 35.7 Å². The van der Waals surface area contributed by atoms with Crippen LogP contribution in [0.1, 0.15) is 17.0 Å². The number of hydrogen-bond donors (Lipinski definition) is 1. The number of halogens is 1. The monoisotopic (exact) mass is 275 g/mol. The molecule has 5 nitrogen and oxygen atoms in total. The van der Waals surface area contributed by atoms with Crippen LogP contribution in [0.25, 0.3) is 0 Å². The van der Waals surface area contributed by atoms with E-state index in [2.05, 4.69) is 9.98 Å².